The molecule has 1 unspecified atom stereocenters. The highest BCUT2D eigenvalue weighted by atomic mass is 16.1. The van der Waals surface area contributed by atoms with Crippen molar-refractivity contribution in [3.05, 3.63) is 0 Å². The Morgan fingerprint density at radius 1 is 1.42 bits per heavy atom. The summed E-state index contributed by atoms with van der Waals surface area (Å²) in [7, 11) is 0. The maximum Gasteiger partial charge on any atom is 0.132 e. The van der Waals surface area contributed by atoms with Crippen LogP contribution in [0.4, 0.5) is 0 Å². The molecule has 0 aliphatic heterocycles. The quantitative estimate of drug-likeness (QED) is 0.632. The predicted octanol–water partition coefficient (Wildman–Crippen LogP) is 3.18. The Morgan fingerprint density at radius 3 is 2.50 bits per heavy atom. The Balaban J connectivity index is 2.21. The average Bonchev–Trinajstić information content (AvgIpc) is 2.09. The first kappa shape index (κ1) is 9.76. The van der Waals surface area contributed by atoms with E-state index in [2.05, 4.69) is 13.8 Å². The molecule has 0 aromatic rings. The summed E-state index contributed by atoms with van der Waals surface area (Å²) in [5, 5.41) is 0. The fraction of sp³-hybridized carbons (Fsp3) is 0.909. The second kappa shape index (κ2) is 4.64. The minimum atomic E-state index is 0.482. The van der Waals surface area contributed by atoms with E-state index in [0.717, 1.165) is 37.5 Å². The third-order valence-corrected chi connectivity index (χ3v) is 3.10. The summed E-state index contributed by atoms with van der Waals surface area (Å²) < 4.78 is 0. The lowest BCUT2D eigenvalue weighted by molar-refractivity contribution is -0.121. The topological polar surface area (TPSA) is 17.1 Å². The van der Waals surface area contributed by atoms with Crippen LogP contribution < -0.4 is 0 Å². The molecule has 1 rings (SSSR count). The molecule has 0 aromatic heterocycles. The molecule has 0 spiro atoms. The zero-order chi connectivity index (χ0) is 8.97. The van der Waals surface area contributed by atoms with Gasteiger partial charge in [-0.25, -0.2) is 0 Å². The highest BCUT2D eigenvalue weighted by Crippen LogP contribution is 2.28. The highest BCUT2D eigenvalue weighted by molar-refractivity contribution is 5.78. The van der Waals surface area contributed by atoms with Gasteiger partial charge in [0.25, 0.3) is 0 Å². The van der Waals surface area contributed by atoms with Crippen molar-refractivity contribution in [1.29, 1.82) is 0 Å². The van der Waals surface area contributed by atoms with Gasteiger partial charge in [0.1, 0.15) is 5.78 Å². The Bertz CT molecular complexity index is 141. The van der Waals surface area contributed by atoms with Crippen LogP contribution in [0.5, 0.6) is 0 Å². The molecule has 1 heteroatoms. The Hall–Kier alpha value is -0.330. The summed E-state index contributed by atoms with van der Waals surface area (Å²) in [6.45, 7) is 4.56. The van der Waals surface area contributed by atoms with E-state index in [-0.39, 0.29) is 0 Å². The predicted molar refractivity (Wildman–Crippen MR) is 51.0 cm³/mol. The number of Topliss-reactive ketones (excluding diaryl/α,β-unsaturated/α-hetero) is 1. The fourth-order valence-electron chi connectivity index (χ4n) is 1.97. The maximum absolute atomic E-state index is 11.0. The molecule has 0 bridgehead atoms. The van der Waals surface area contributed by atoms with Gasteiger partial charge in [-0.3, -0.25) is 4.79 Å². The highest BCUT2D eigenvalue weighted by Gasteiger charge is 2.19. The molecule has 0 heterocycles. The van der Waals surface area contributed by atoms with Crippen molar-refractivity contribution in [3.63, 3.8) is 0 Å². The molecule has 12 heavy (non-hydrogen) atoms. The standard InChI is InChI=1S/C11H20O/c1-3-9(2)8-10-4-6-11(12)7-5-10/h9-10H,3-8H2,1-2H3. The molecule has 70 valence electrons. The second-order valence-electron chi connectivity index (χ2n) is 4.23. The fourth-order valence-corrected chi connectivity index (χ4v) is 1.97. The van der Waals surface area contributed by atoms with E-state index in [1.165, 1.54) is 12.8 Å². The van der Waals surface area contributed by atoms with Gasteiger partial charge >= 0.3 is 0 Å². The summed E-state index contributed by atoms with van der Waals surface area (Å²) in [6.07, 6.45) is 6.63. The van der Waals surface area contributed by atoms with Crippen molar-refractivity contribution in [3.8, 4) is 0 Å². The zero-order valence-corrected chi connectivity index (χ0v) is 8.31. The van der Waals surface area contributed by atoms with Crippen molar-refractivity contribution in [1.82, 2.24) is 0 Å². The number of hydrogen-bond donors (Lipinski definition) is 0. The minimum absolute atomic E-state index is 0.482. The van der Waals surface area contributed by atoms with E-state index in [9.17, 15) is 4.79 Å². The van der Waals surface area contributed by atoms with Gasteiger partial charge < -0.3 is 0 Å². The molecule has 0 amide bonds. The van der Waals surface area contributed by atoms with Gasteiger partial charge in [0, 0.05) is 12.8 Å². The number of rotatable bonds is 3. The molecule has 1 aliphatic carbocycles. The van der Waals surface area contributed by atoms with Gasteiger partial charge in [-0.15, -0.1) is 0 Å². The van der Waals surface area contributed by atoms with Gasteiger partial charge in [0.05, 0.1) is 0 Å². The third-order valence-electron chi connectivity index (χ3n) is 3.10. The van der Waals surface area contributed by atoms with E-state index >= 15 is 0 Å². The molecular formula is C11H20O. The maximum atomic E-state index is 11.0. The first-order chi connectivity index (χ1) is 5.72. The molecular weight excluding hydrogens is 148 g/mol. The van der Waals surface area contributed by atoms with Gasteiger partial charge in [-0.2, -0.15) is 0 Å². The molecule has 0 aromatic carbocycles. The van der Waals surface area contributed by atoms with Crippen LogP contribution in [0, 0.1) is 11.8 Å². The van der Waals surface area contributed by atoms with Gasteiger partial charge in [0.15, 0.2) is 0 Å². The van der Waals surface area contributed by atoms with Crippen LogP contribution in [0.15, 0.2) is 0 Å². The summed E-state index contributed by atoms with van der Waals surface area (Å²) in [5.74, 6) is 2.18. The summed E-state index contributed by atoms with van der Waals surface area (Å²) in [6, 6.07) is 0. The third kappa shape index (κ3) is 2.96. The van der Waals surface area contributed by atoms with E-state index in [1.807, 2.05) is 0 Å². The number of carbonyl (C=O) groups is 1. The number of carbonyl (C=O) groups excluding carboxylic acids is 1. The molecule has 1 aliphatic rings. The molecule has 0 N–H and O–H groups in total. The van der Waals surface area contributed by atoms with Crippen LogP contribution in [0.1, 0.15) is 52.4 Å². The smallest absolute Gasteiger partial charge is 0.132 e. The van der Waals surface area contributed by atoms with Crippen molar-refractivity contribution in [2.45, 2.75) is 52.4 Å². The second-order valence-corrected chi connectivity index (χ2v) is 4.23. The Morgan fingerprint density at radius 2 is 2.00 bits per heavy atom. The lowest BCUT2D eigenvalue weighted by Crippen LogP contribution is -2.15. The number of ketones is 1. The Kier molecular flexibility index (Phi) is 3.77. The lowest BCUT2D eigenvalue weighted by atomic mass is 9.82. The molecule has 0 radical (unpaired) electrons. The molecule has 1 fully saturated rings. The summed E-state index contributed by atoms with van der Waals surface area (Å²) >= 11 is 0. The first-order valence-electron chi connectivity index (χ1n) is 5.24. The monoisotopic (exact) mass is 168 g/mol. The molecule has 0 saturated heterocycles. The first-order valence-corrected chi connectivity index (χ1v) is 5.24. The molecule has 1 saturated carbocycles. The van der Waals surface area contributed by atoms with Crippen molar-refractivity contribution >= 4 is 5.78 Å². The van der Waals surface area contributed by atoms with Crippen LogP contribution in [0.25, 0.3) is 0 Å². The SMILES string of the molecule is CCC(C)CC1CCC(=O)CC1. The van der Waals surface area contributed by atoms with Crippen molar-refractivity contribution in [2.75, 3.05) is 0 Å². The van der Waals surface area contributed by atoms with E-state index in [0.29, 0.717) is 5.78 Å². The summed E-state index contributed by atoms with van der Waals surface area (Å²) in [5.41, 5.74) is 0. The summed E-state index contributed by atoms with van der Waals surface area (Å²) in [4.78, 5) is 11.0. The van der Waals surface area contributed by atoms with Gasteiger partial charge in [-0.05, 0) is 31.1 Å². The van der Waals surface area contributed by atoms with Crippen LogP contribution in [-0.2, 0) is 4.79 Å². The van der Waals surface area contributed by atoms with Crippen LogP contribution >= 0.6 is 0 Å². The molecule has 1 nitrogen and oxygen atoms in total. The van der Waals surface area contributed by atoms with Crippen LogP contribution in [0.2, 0.25) is 0 Å². The average molecular weight is 168 g/mol. The molecule has 1 atom stereocenters. The Labute approximate surface area is 75.5 Å². The van der Waals surface area contributed by atoms with E-state index in [1.54, 1.807) is 0 Å². The van der Waals surface area contributed by atoms with Gasteiger partial charge in [0.2, 0.25) is 0 Å². The lowest BCUT2D eigenvalue weighted by Gasteiger charge is -2.23. The van der Waals surface area contributed by atoms with E-state index in [4.69, 9.17) is 0 Å². The minimum Gasteiger partial charge on any atom is -0.300 e. The van der Waals surface area contributed by atoms with Gasteiger partial charge in [-0.1, -0.05) is 20.3 Å². The van der Waals surface area contributed by atoms with Crippen molar-refractivity contribution < 1.29 is 4.79 Å². The largest absolute Gasteiger partial charge is 0.300 e. The van der Waals surface area contributed by atoms with E-state index < -0.39 is 0 Å². The number of hydrogen-bond acceptors (Lipinski definition) is 1. The van der Waals surface area contributed by atoms with Crippen LogP contribution in [-0.4, -0.2) is 5.78 Å². The normalized spacial score (nSPS) is 22.7. The van der Waals surface area contributed by atoms with Crippen LogP contribution in [0.3, 0.4) is 0 Å². The van der Waals surface area contributed by atoms with Crippen molar-refractivity contribution in [2.24, 2.45) is 11.8 Å². The zero-order valence-electron chi connectivity index (χ0n) is 8.31.